The smallest absolute Gasteiger partial charge is 0.222 e. The number of ketones is 1. The lowest BCUT2D eigenvalue weighted by molar-refractivity contribution is -0.116. The summed E-state index contributed by atoms with van der Waals surface area (Å²) in [7, 11) is 0. The third kappa shape index (κ3) is 8.64. The second-order valence-corrected chi connectivity index (χ2v) is 11.3. The van der Waals surface area contributed by atoms with E-state index >= 15 is 0 Å². The van der Waals surface area contributed by atoms with Gasteiger partial charge in [-0.1, -0.05) is 120 Å². The molecule has 2 atom stereocenters. The Hall–Kier alpha value is -2.75. The molecule has 3 heteroatoms. The number of hydrogen-bond donors (Lipinski definition) is 0. The average Bonchev–Trinajstić information content (AvgIpc) is 2.92. The van der Waals surface area contributed by atoms with Crippen LogP contribution in [-0.4, -0.2) is 25.3 Å². The number of ether oxygens (including phenoxy) is 2. The molecule has 204 valence electrons. The monoisotopic (exact) mass is 514 g/mol. The van der Waals surface area contributed by atoms with Crippen molar-refractivity contribution in [2.24, 2.45) is 0 Å². The Kier molecular flexibility index (Phi) is 11.3. The lowest BCUT2D eigenvalue weighted by atomic mass is 9.93. The van der Waals surface area contributed by atoms with E-state index in [1.807, 2.05) is 31.2 Å². The topological polar surface area (TPSA) is 35.5 Å². The van der Waals surface area contributed by atoms with Gasteiger partial charge in [0.2, 0.25) is 12.1 Å². The molecule has 0 aliphatic carbocycles. The van der Waals surface area contributed by atoms with Crippen molar-refractivity contribution in [3.8, 4) is 0 Å². The van der Waals surface area contributed by atoms with Gasteiger partial charge in [-0.15, -0.1) is 0 Å². The summed E-state index contributed by atoms with van der Waals surface area (Å²) < 4.78 is 12.2. The Morgan fingerprint density at radius 2 is 1.05 bits per heavy atom. The number of carbonyl (C=O) groups excluding carboxylic acids is 1. The Morgan fingerprint density at radius 1 is 0.632 bits per heavy atom. The van der Waals surface area contributed by atoms with E-state index in [0.29, 0.717) is 42.4 Å². The third-order valence-corrected chi connectivity index (χ3v) is 7.48. The first-order valence-electron chi connectivity index (χ1n) is 14.2. The Morgan fingerprint density at radius 3 is 1.47 bits per heavy atom. The van der Waals surface area contributed by atoms with Crippen LogP contribution in [0.15, 0.2) is 72.8 Å². The van der Waals surface area contributed by atoms with E-state index in [0.717, 1.165) is 18.4 Å². The van der Waals surface area contributed by atoms with Crippen LogP contribution >= 0.6 is 0 Å². The van der Waals surface area contributed by atoms with Crippen LogP contribution in [0.4, 0.5) is 0 Å². The molecule has 0 spiro atoms. The zero-order valence-corrected chi connectivity index (χ0v) is 24.4. The largest absolute Gasteiger partial charge is 0.346 e. The number of rotatable bonds is 14. The zero-order valence-electron chi connectivity index (χ0n) is 24.4. The fraction of sp³-hybridized carbons (Fsp3) is 0.457. The molecule has 0 saturated heterocycles. The molecule has 0 bridgehead atoms. The maximum atomic E-state index is 13.3. The van der Waals surface area contributed by atoms with Crippen molar-refractivity contribution in [2.45, 2.75) is 91.3 Å². The van der Waals surface area contributed by atoms with Gasteiger partial charge in [-0.25, -0.2) is 0 Å². The average molecular weight is 515 g/mol. The third-order valence-electron chi connectivity index (χ3n) is 7.48. The number of aryl methyl sites for hydroxylation is 1. The highest BCUT2D eigenvalue weighted by molar-refractivity contribution is 5.98. The maximum Gasteiger partial charge on any atom is 0.222 e. The molecule has 0 fully saturated rings. The minimum absolute atomic E-state index is 0.117. The van der Waals surface area contributed by atoms with Gasteiger partial charge in [0.25, 0.3) is 0 Å². The molecular formula is C35H46O3. The van der Waals surface area contributed by atoms with Gasteiger partial charge in [-0.2, -0.15) is 0 Å². The molecule has 0 aliphatic heterocycles. The maximum absolute atomic E-state index is 13.3. The molecule has 0 saturated carbocycles. The SMILES string of the molecule is Cc1ccc(C(=O)C(OCCC(C)c2cccc(C(C)C)c2)OCCC(C)c2cccc(C(C)C)c2)cc1. The van der Waals surface area contributed by atoms with Crippen LogP contribution in [-0.2, 0) is 9.47 Å². The number of hydrogen-bond acceptors (Lipinski definition) is 3. The first kappa shape index (κ1) is 29.8. The van der Waals surface area contributed by atoms with Gasteiger partial charge in [0.15, 0.2) is 0 Å². The predicted octanol–water partition coefficient (Wildman–Crippen LogP) is 9.17. The van der Waals surface area contributed by atoms with Crippen molar-refractivity contribution >= 4 is 5.78 Å². The summed E-state index contributed by atoms with van der Waals surface area (Å²) in [4.78, 5) is 13.3. The lowest BCUT2D eigenvalue weighted by Crippen LogP contribution is -2.29. The molecule has 3 rings (SSSR count). The summed E-state index contributed by atoms with van der Waals surface area (Å²) in [5.41, 5.74) is 7.04. The van der Waals surface area contributed by atoms with Gasteiger partial charge in [0, 0.05) is 5.56 Å². The first-order chi connectivity index (χ1) is 18.2. The minimum atomic E-state index is -0.902. The van der Waals surface area contributed by atoms with E-state index in [9.17, 15) is 4.79 Å². The Balaban J connectivity index is 1.62. The Labute approximate surface area is 230 Å². The second-order valence-electron chi connectivity index (χ2n) is 11.3. The summed E-state index contributed by atoms with van der Waals surface area (Å²) in [6.45, 7) is 16.2. The fourth-order valence-electron chi connectivity index (χ4n) is 4.54. The zero-order chi connectivity index (χ0) is 27.7. The van der Waals surface area contributed by atoms with Crippen LogP contribution in [0.2, 0.25) is 0 Å². The molecule has 38 heavy (non-hydrogen) atoms. The minimum Gasteiger partial charge on any atom is -0.346 e. The van der Waals surface area contributed by atoms with Crippen LogP contribution in [0.1, 0.15) is 116 Å². The standard InChI is InChI=1S/C35H46O3/c1-24(2)30-10-8-12-32(22-30)27(6)18-20-37-35(34(36)29-16-14-26(5)15-17-29)38-21-19-28(7)33-13-9-11-31(23-33)25(3)4/h8-17,22-25,27-28,35H,18-21H2,1-7H3. The van der Waals surface area contributed by atoms with Crippen LogP contribution in [0.5, 0.6) is 0 Å². The van der Waals surface area contributed by atoms with Gasteiger partial charge in [0.1, 0.15) is 0 Å². The van der Waals surface area contributed by atoms with E-state index in [-0.39, 0.29) is 5.78 Å². The Bertz CT molecular complexity index is 1080. The summed E-state index contributed by atoms with van der Waals surface area (Å²) in [5.74, 6) is 1.54. The van der Waals surface area contributed by atoms with Gasteiger partial charge < -0.3 is 9.47 Å². The van der Waals surface area contributed by atoms with Crippen LogP contribution in [0, 0.1) is 6.92 Å². The second kappa shape index (κ2) is 14.4. The quantitative estimate of drug-likeness (QED) is 0.159. The molecule has 2 unspecified atom stereocenters. The summed E-state index contributed by atoms with van der Waals surface area (Å²) in [5, 5.41) is 0. The van der Waals surface area contributed by atoms with Gasteiger partial charge in [0.05, 0.1) is 13.2 Å². The lowest BCUT2D eigenvalue weighted by Gasteiger charge is -2.21. The molecule has 0 aromatic heterocycles. The van der Waals surface area contributed by atoms with E-state index in [4.69, 9.17) is 9.47 Å². The fourth-order valence-corrected chi connectivity index (χ4v) is 4.54. The van der Waals surface area contributed by atoms with Crippen LogP contribution in [0.25, 0.3) is 0 Å². The van der Waals surface area contributed by atoms with Gasteiger partial charge in [-0.05, 0) is 65.7 Å². The molecule has 3 nitrogen and oxygen atoms in total. The first-order valence-corrected chi connectivity index (χ1v) is 14.2. The van der Waals surface area contributed by atoms with E-state index < -0.39 is 6.29 Å². The highest BCUT2D eigenvalue weighted by atomic mass is 16.7. The van der Waals surface area contributed by atoms with Gasteiger partial charge >= 0.3 is 0 Å². The molecular weight excluding hydrogens is 468 g/mol. The molecule has 0 amide bonds. The van der Waals surface area contributed by atoms with Crippen molar-refractivity contribution < 1.29 is 14.3 Å². The molecule has 3 aromatic rings. The van der Waals surface area contributed by atoms with E-state index in [1.54, 1.807) is 0 Å². The molecule has 3 aromatic carbocycles. The van der Waals surface area contributed by atoms with E-state index in [2.05, 4.69) is 90.1 Å². The number of benzene rings is 3. The summed E-state index contributed by atoms with van der Waals surface area (Å²) >= 11 is 0. The van der Waals surface area contributed by atoms with Crippen molar-refractivity contribution in [3.05, 3.63) is 106 Å². The van der Waals surface area contributed by atoms with Crippen molar-refractivity contribution in [3.63, 3.8) is 0 Å². The summed E-state index contributed by atoms with van der Waals surface area (Å²) in [6, 6.07) is 25.2. The molecule has 0 radical (unpaired) electrons. The normalized spacial score (nSPS) is 14.0. The highest BCUT2D eigenvalue weighted by Crippen LogP contribution is 2.25. The number of carbonyl (C=O) groups is 1. The molecule has 0 heterocycles. The highest BCUT2D eigenvalue weighted by Gasteiger charge is 2.23. The van der Waals surface area contributed by atoms with Gasteiger partial charge in [-0.3, -0.25) is 4.79 Å². The predicted molar refractivity (Wildman–Crippen MR) is 158 cm³/mol. The van der Waals surface area contributed by atoms with Crippen LogP contribution in [0.3, 0.4) is 0 Å². The van der Waals surface area contributed by atoms with E-state index in [1.165, 1.54) is 22.3 Å². The number of Topliss-reactive ketones (excluding diaryl/α,β-unsaturated/α-hetero) is 1. The van der Waals surface area contributed by atoms with Crippen molar-refractivity contribution in [1.82, 2.24) is 0 Å². The van der Waals surface area contributed by atoms with Crippen molar-refractivity contribution in [2.75, 3.05) is 13.2 Å². The van der Waals surface area contributed by atoms with Crippen molar-refractivity contribution in [1.29, 1.82) is 0 Å². The molecule has 0 aliphatic rings. The summed E-state index contributed by atoms with van der Waals surface area (Å²) in [6.07, 6.45) is 0.739. The van der Waals surface area contributed by atoms with Crippen LogP contribution < -0.4 is 0 Å². The molecule has 0 N–H and O–H groups in total.